The van der Waals surface area contributed by atoms with E-state index in [2.05, 4.69) is 29.1 Å². The van der Waals surface area contributed by atoms with Crippen molar-refractivity contribution in [1.82, 2.24) is 19.8 Å². The molecule has 3 aromatic rings. The first-order valence-electron chi connectivity index (χ1n) is 5.84. The van der Waals surface area contributed by atoms with Gasteiger partial charge in [-0.1, -0.05) is 36.8 Å². The third kappa shape index (κ3) is 2.06. The lowest BCUT2D eigenvalue weighted by Gasteiger charge is -2.01. The van der Waals surface area contributed by atoms with E-state index in [1.165, 1.54) is 11.3 Å². The number of nitrogen functional groups attached to an aromatic ring is 1. The summed E-state index contributed by atoms with van der Waals surface area (Å²) >= 11 is 7.64. The Morgan fingerprint density at radius 3 is 2.84 bits per heavy atom. The highest BCUT2D eigenvalue weighted by molar-refractivity contribution is 7.19. The molecule has 2 aromatic heterocycles. The number of benzene rings is 1. The number of nitrogens with two attached hydrogens (primary N) is 1. The molecule has 5 nitrogen and oxygen atoms in total. The van der Waals surface area contributed by atoms with Crippen molar-refractivity contribution >= 4 is 33.6 Å². The van der Waals surface area contributed by atoms with Gasteiger partial charge in [-0.2, -0.15) is 9.61 Å². The highest BCUT2D eigenvalue weighted by Crippen LogP contribution is 2.33. The van der Waals surface area contributed by atoms with Gasteiger partial charge in [0.1, 0.15) is 5.01 Å². The minimum absolute atomic E-state index is 0.265. The van der Waals surface area contributed by atoms with Crippen LogP contribution in [-0.2, 0) is 0 Å². The zero-order chi connectivity index (χ0) is 13.6. The average Bonchev–Trinajstić information content (AvgIpc) is 2.91. The summed E-state index contributed by atoms with van der Waals surface area (Å²) < 4.78 is 1.77. The van der Waals surface area contributed by atoms with Crippen LogP contribution in [0.3, 0.4) is 0 Å². The Morgan fingerprint density at radius 2 is 2.11 bits per heavy atom. The van der Waals surface area contributed by atoms with Gasteiger partial charge >= 0.3 is 0 Å². The number of hydrogen-bond acceptors (Lipinski definition) is 5. The summed E-state index contributed by atoms with van der Waals surface area (Å²) in [6, 6.07) is 5.37. The smallest absolute Gasteiger partial charge is 0.234 e. The zero-order valence-electron chi connectivity index (χ0n) is 10.5. The van der Waals surface area contributed by atoms with Crippen LogP contribution in [0.5, 0.6) is 0 Å². The van der Waals surface area contributed by atoms with Crippen LogP contribution >= 0.6 is 22.9 Å². The van der Waals surface area contributed by atoms with Crippen LogP contribution in [0.1, 0.15) is 25.6 Å². The Balaban J connectivity index is 2.18. The molecule has 0 bridgehead atoms. The number of rotatable bonds is 2. The maximum Gasteiger partial charge on any atom is 0.234 e. The summed E-state index contributed by atoms with van der Waals surface area (Å²) in [5.41, 5.74) is 7.28. The molecule has 0 saturated heterocycles. The van der Waals surface area contributed by atoms with Crippen molar-refractivity contribution in [3.05, 3.63) is 29.0 Å². The summed E-state index contributed by atoms with van der Waals surface area (Å²) in [5.74, 6) is 1.11. The van der Waals surface area contributed by atoms with E-state index in [0.717, 1.165) is 21.4 Å². The van der Waals surface area contributed by atoms with Gasteiger partial charge in [0.05, 0.1) is 5.02 Å². The van der Waals surface area contributed by atoms with Crippen LogP contribution in [0.2, 0.25) is 5.02 Å². The lowest BCUT2D eigenvalue weighted by molar-refractivity contribution is 0.727. The fourth-order valence-corrected chi connectivity index (χ4v) is 2.95. The van der Waals surface area contributed by atoms with Gasteiger partial charge in [0.15, 0.2) is 5.82 Å². The molecule has 0 aliphatic rings. The Labute approximate surface area is 119 Å². The van der Waals surface area contributed by atoms with Crippen molar-refractivity contribution in [1.29, 1.82) is 0 Å². The van der Waals surface area contributed by atoms with Crippen molar-refractivity contribution in [3.8, 4) is 10.6 Å². The third-order valence-electron chi connectivity index (χ3n) is 2.75. The zero-order valence-corrected chi connectivity index (χ0v) is 12.0. The predicted molar refractivity (Wildman–Crippen MR) is 77.6 cm³/mol. The second kappa shape index (κ2) is 4.47. The molecule has 0 radical (unpaired) electrons. The topological polar surface area (TPSA) is 69.1 Å². The van der Waals surface area contributed by atoms with Crippen molar-refractivity contribution < 1.29 is 0 Å². The molecule has 7 heteroatoms. The summed E-state index contributed by atoms with van der Waals surface area (Å²) in [4.78, 5) is 0.761. The van der Waals surface area contributed by atoms with Gasteiger partial charge in [0.2, 0.25) is 4.96 Å². The number of fused-ring (bicyclic) bond motifs is 1. The molecule has 0 amide bonds. The summed E-state index contributed by atoms with van der Waals surface area (Å²) in [6.07, 6.45) is 0. The number of nitrogens with zero attached hydrogens (tertiary/aromatic N) is 4. The van der Waals surface area contributed by atoms with Crippen LogP contribution in [0.25, 0.3) is 15.5 Å². The van der Waals surface area contributed by atoms with Crippen LogP contribution in [0.15, 0.2) is 18.2 Å². The Bertz CT molecular complexity index is 746. The largest absolute Gasteiger partial charge is 0.399 e. The summed E-state index contributed by atoms with van der Waals surface area (Å²) in [5, 5.41) is 14.2. The maximum atomic E-state index is 6.19. The molecule has 0 atom stereocenters. The van der Waals surface area contributed by atoms with E-state index in [4.69, 9.17) is 17.3 Å². The van der Waals surface area contributed by atoms with E-state index < -0.39 is 0 Å². The molecule has 2 heterocycles. The summed E-state index contributed by atoms with van der Waals surface area (Å²) in [7, 11) is 0. The monoisotopic (exact) mass is 293 g/mol. The minimum atomic E-state index is 0.265. The van der Waals surface area contributed by atoms with Gasteiger partial charge in [-0.25, -0.2) is 0 Å². The fourth-order valence-electron chi connectivity index (χ4n) is 1.81. The van der Waals surface area contributed by atoms with E-state index in [9.17, 15) is 0 Å². The number of anilines is 1. The van der Waals surface area contributed by atoms with E-state index >= 15 is 0 Å². The van der Waals surface area contributed by atoms with Crippen LogP contribution in [0, 0.1) is 0 Å². The molecule has 0 fully saturated rings. The lowest BCUT2D eigenvalue weighted by atomic mass is 10.2. The lowest BCUT2D eigenvalue weighted by Crippen LogP contribution is -1.98. The third-order valence-corrected chi connectivity index (χ3v) is 4.01. The van der Waals surface area contributed by atoms with Crippen LogP contribution in [0.4, 0.5) is 5.69 Å². The fraction of sp³-hybridized carbons (Fsp3) is 0.250. The molecular weight excluding hydrogens is 282 g/mol. The van der Waals surface area contributed by atoms with Gasteiger partial charge in [-0.05, 0) is 18.2 Å². The first kappa shape index (κ1) is 12.4. The van der Waals surface area contributed by atoms with Crippen molar-refractivity contribution in [3.63, 3.8) is 0 Å². The molecule has 0 aliphatic heterocycles. The quantitative estimate of drug-likeness (QED) is 0.737. The molecular formula is C12H12ClN5S. The van der Waals surface area contributed by atoms with Crippen molar-refractivity contribution in [2.24, 2.45) is 0 Å². The average molecular weight is 294 g/mol. The molecule has 3 rings (SSSR count). The Kier molecular flexibility index (Phi) is 2.91. The number of halogens is 1. The SMILES string of the molecule is CC(C)c1nnc2sc(-c3cc(N)ccc3Cl)nn12. The molecule has 0 aliphatic carbocycles. The van der Waals surface area contributed by atoms with E-state index in [1.54, 1.807) is 16.6 Å². The first-order chi connectivity index (χ1) is 9.06. The highest BCUT2D eigenvalue weighted by Gasteiger charge is 2.16. The van der Waals surface area contributed by atoms with Gasteiger partial charge in [0, 0.05) is 17.2 Å². The normalized spacial score (nSPS) is 11.6. The van der Waals surface area contributed by atoms with E-state index in [1.807, 2.05) is 6.07 Å². The number of aromatic nitrogens is 4. The van der Waals surface area contributed by atoms with E-state index in [-0.39, 0.29) is 5.92 Å². The minimum Gasteiger partial charge on any atom is -0.399 e. The van der Waals surface area contributed by atoms with Gasteiger partial charge in [-0.3, -0.25) is 0 Å². The second-order valence-corrected chi connectivity index (χ2v) is 5.92. The standard InChI is InChI=1S/C12H12ClN5S/c1-6(2)10-15-16-12-18(10)17-11(19-12)8-5-7(14)3-4-9(8)13/h3-6H,14H2,1-2H3. The molecule has 0 spiro atoms. The van der Waals surface area contributed by atoms with Gasteiger partial charge in [-0.15, -0.1) is 10.2 Å². The van der Waals surface area contributed by atoms with Gasteiger partial charge < -0.3 is 5.73 Å². The first-order valence-corrected chi connectivity index (χ1v) is 7.03. The van der Waals surface area contributed by atoms with Crippen LogP contribution < -0.4 is 5.73 Å². The molecule has 98 valence electrons. The molecule has 2 N–H and O–H groups in total. The Morgan fingerprint density at radius 1 is 1.32 bits per heavy atom. The molecule has 19 heavy (non-hydrogen) atoms. The van der Waals surface area contributed by atoms with Crippen molar-refractivity contribution in [2.45, 2.75) is 19.8 Å². The summed E-state index contributed by atoms with van der Waals surface area (Å²) in [6.45, 7) is 4.12. The highest BCUT2D eigenvalue weighted by atomic mass is 35.5. The van der Waals surface area contributed by atoms with Gasteiger partial charge in [0.25, 0.3) is 0 Å². The number of hydrogen-bond donors (Lipinski definition) is 1. The molecule has 0 saturated carbocycles. The van der Waals surface area contributed by atoms with Crippen molar-refractivity contribution in [2.75, 3.05) is 5.73 Å². The predicted octanol–water partition coefficient (Wildman–Crippen LogP) is 3.21. The molecule has 1 aromatic carbocycles. The maximum absolute atomic E-state index is 6.19. The van der Waals surface area contributed by atoms with Crippen LogP contribution in [-0.4, -0.2) is 19.8 Å². The second-order valence-electron chi connectivity index (χ2n) is 4.55. The van der Waals surface area contributed by atoms with E-state index in [0.29, 0.717) is 10.7 Å². The Hall–Kier alpha value is -1.66. The molecule has 0 unspecified atom stereocenters.